The molecule has 0 aliphatic rings. The van der Waals surface area contributed by atoms with E-state index in [4.69, 9.17) is 0 Å². The van der Waals surface area contributed by atoms with Crippen molar-refractivity contribution in [2.45, 2.75) is 13.0 Å². The van der Waals surface area contributed by atoms with Gasteiger partial charge in [0.25, 0.3) is 0 Å². The van der Waals surface area contributed by atoms with Crippen LogP contribution < -0.4 is 5.32 Å². The summed E-state index contributed by atoms with van der Waals surface area (Å²) in [6.07, 6.45) is 0.681. The molecule has 106 valence electrons. The van der Waals surface area contributed by atoms with E-state index >= 15 is 0 Å². The smallest absolute Gasteiger partial charge is 0.126 e. The molecule has 1 N–H and O–H groups in total. The quantitative estimate of drug-likeness (QED) is 0.721. The number of aromatic nitrogens is 1. The molecule has 0 amide bonds. The third kappa shape index (κ3) is 3.44. The van der Waals surface area contributed by atoms with E-state index in [2.05, 4.69) is 22.4 Å². The highest BCUT2D eigenvalue weighted by molar-refractivity contribution is 5.78. The highest BCUT2D eigenvalue weighted by Crippen LogP contribution is 2.11. The highest BCUT2D eigenvalue weighted by Gasteiger charge is 2.01. The maximum absolute atomic E-state index is 13.5. The van der Waals surface area contributed by atoms with E-state index < -0.39 is 0 Å². The van der Waals surface area contributed by atoms with E-state index in [1.54, 1.807) is 6.07 Å². The van der Waals surface area contributed by atoms with Crippen LogP contribution in [0.15, 0.2) is 60.7 Å². The third-order valence-corrected chi connectivity index (χ3v) is 3.49. The van der Waals surface area contributed by atoms with E-state index in [-0.39, 0.29) is 5.82 Å². The van der Waals surface area contributed by atoms with E-state index in [1.165, 1.54) is 6.07 Å². The molecule has 3 rings (SSSR count). The van der Waals surface area contributed by atoms with Gasteiger partial charge in [0.2, 0.25) is 0 Å². The van der Waals surface area contributed by atoms with E-state index in [0.717, 1.165) is 28.7 Å². The number of benzene rings is 2. The predicted molar refractivity (Wildman–Crippen MR) is 83.6 cm³/mol. The fraction of sp³-hybridized carbons (Fsp3) is 0.167. The summed E-state index contributed by atoms with van der Waals surface area (Å²) in [6, 6.07) is 19.1. The molecule has 0 spiro atoms. The van der Waals surface area contributed by atoms with Crippen molar-refractivity contribution in [3.63, 3.8) is 0 Å². The van der Waals surface area contributed by atoms with Crippen LogP contribution in [0.5, 0.6) is 0 Å². The second kappa shape index (κ2) is 6.46. The lowest BCUT2D eigenvalue weighted by Gasteiger charge is -2.06. The topological polar surface area (TPSA) is 24.9 Å². The fourth-order valence-electron chi connectivity index (χ4n) is 2.35. The summed E-state index contributed by atoms with van der Waals surface area (Å²) < 4.78 is 13.5. The average Bonchev–Trinajstić information content (AvgIpc) is 2.53. The first-order chi connectivity index (χ1) is 10.3. The number of nitrogens with zero attached hydrogens (tertiary/aromatic N) is 1. The lowest BCUT2D eigenvalue weighted by Crippen LogP contribution is -2.17. The van der Waals surface area contributed by atoms with E-state index in [9.17, 15) is 4.39 Å². The molecule has 0 bridgehead atoms. The number of pyridine rings is 1. The van der Waals surface area contributed by atoms with Crippen LogP contribution in [0, 0.1) is 5.82 Å². The summed E-state index contributed by atoms with van der Waals surface area (Å²) in [5.41, 5.74) is 2.75. The molecule has 0 fully saturated rings. The van der Waals surface area contributed by atoms with Crippen molar-refractivity contribution in [2.75, 3.05) is 6.54 Å². The number of nitrogens with one attached hydrogen (secondary N) is 1. The Hall–Kier alpha value is -2.26. The Labute approximate surface area is 123 Å². The molecular weight excluding hydrogens is 263 g/mol. The Bertz CT molecular complexity index is 740. The van der Waals surface area contributed by atoms with Crippen LogP contribution in [0.25, 0.3) is 10.9 Å². The van der Waals surface area contributed by atoms with E-state index in [0.29, 0.717) is 13.0 Å². The van der Waals surface area contributed by atoms with Gasteiger partial charge < -0.3 is 5.32 Å². The van der Waals surface area contributed by atoms with Crippen molar-refractivity contribution in [2.24, 2.45) is 0 Å². The predicted octanol–water partition coefficient (Wildman–Crippen LogP) is 3.71. The second-order valence-corrected chi connectivity index (χ2v) is 5.01. The van der Waals surface area contributed by atoms with Crippen LogP contribution in [-0.2, 0) is 13.0 Å². The van der Waals surface area contributed by atoms with Gasteiger partial charge in [0.05, 0.1) is 11.2 Å². The minimum Gasteiger partial charge on any atom is -0.311 e. The van der Waals surface area contributed by atoms with Crippen LogP contribution in [0.3, 0.4) is 0 Å². The van der Waals surface area contributed by atoms with Crippen molar-refractivity contribution in [1.29, 1.82) is 0 Å². The summed E-state index contributed by atoms with van der Waals surface area (Å²) in [4.78, 5) is 4.60. The summed E-state index contributed by atoms with van der Waals surface area (Å²) >= 11 is 0. The van der Waals surface area contributed by atoms with Gasteiger partial charge in [0.1, 0.15) is 5.82 Å². The van der Waals surface area contributed by atoms with Crippen LogP contribution in [0.4, 0.5) is 4.39 Å². The van der Waals surface area contributed by atoms with Gasteiger partial charge in [-0.25, -0.2) is 4.39 Å². The molecule has 3 aromatic rings. The Morgan fingerprint density at radius 2 is 1.71 bits per heavy atom. The molecule has 3 heteroatoms. The normalized spacial score (nSPS) is 10.9. The van der Waals surface area contributed by atoms with Crippen molar-refractivity contribution in [3.8, 4) is 0 Å². The lowest BCUT2D eigenvalue weighted by atomic mass is 10.1. The van der Waals surface area contributed by atoms with Gasteiger partial charge in [0.15, 0.2) is 0 Å². The SMILES string of the molecule is Fc1ccccc1CCNCc1ccc2ccccc2n1. The van der Waals surface area contributed by atoms with Crippen molar-refractivity contribution in [3.05, 3.63) is 77.7 Å². The van der Waals surface area contributed by atoms with Crippen molar-refractivity contribution < 1.29 is 4.39 Å². The standard InChI is InChI=1S/C18H17FN2/c19-17-7-3-1-5-14(17)11-12-20-13-16-10-9-15-6-2-4-8-18(15)21-16/h1-10,20H,11-13H2. The Morgan fingerprint density at radius 3 is 2.62 bits per heavy atom. The minimum absolute atomic E-state index is 0.136. The maximum Gasteiger partial charge on any atom is 0.126 e. The number of para-hydroxylation sites is 1. The average molecular weight is 280 g/mol. The number of fused-ring (bicyclic) bond motifs is 1. The molecule has 0 atom stereocenters. The minimum atomic E-state index is -0.136. The molecule has 21 heavy (non-hydrogen) atoms. The first-order valence-electron chi connectivity index (χ1n) is 7.12. The van der Waals surface area contributed by atoms with Gasteiger partial charge in [0, 0.05) is 11.9 Å². The molecule has 2 nitrogen and oxygen atoms in total. The zero-order valence-electron chi connectivity index (χ0n) is 11.7. The Morgan fingerprint density at radius 1 is 0.905 bits per heavy atom. The van der Waals surface area contributed by atoms with Gasteiger partial charge in [-0.15, -0.1) is 0 Å². The summed E-state index contributed by atoms with van der Waals surface area (Å²) in [6.45, 7) is 1.43. The molecule has 0 saturated carbocycles. The maximum atomic E-state index is 13.5. The summed E-state index contributed by atoms with van der Waals surface area (Å²) in [5.74, 6) is -0.136. The van der Waals surface area contributed by atoms with Crippen LogP contribution in [0.1, 0.15) is 11.3 Å². The largest absolute Gasteiger partial charge is 0.311 e. The molecule has 0 aliphatic heterocycles. The van der Waals surface area contributed by atoms with Gasteiger partial charge in [-0.1, -0.05) is 42.5 Å². The molecule has 2 aromatic carbocycles. The summed E-state index contributed by atoms with van der Waals surface area (Å²) in [7, 11) is 0. The monoisotopic (exact) mass is 280 g/mol. The number of hydrogen-bond acceptors (Lipinski definition) is 2. The molecule has 0 unspecified atom stereocenters. The zero-order chi connectivity index (χ0) is 14.5. The van der Waals surface area contributed by atoms with Gasteiger partial charge >= 0.3 is 0 Å². The molecule has 0 saturated heterocycles. The van der Waals surface area contributed by atoms with Gasteiger partial charge in [-0.05, 0) is 36.7 Å². The number of rotatable bonds is 5. The first kappa shape index (κ1) is 13.7. The molecule has 1 heterocycles. The fourth-order valence-corrected chi connectivity index (χ4v) is 2.35. The van der Waals surface area contributed by atoms with Crippen LogP contribution in [0.2, 0.25) is 0 Å². The van der Waals surface area contributed by atoms with Crippen LogP contribution >= 0.6 is 0 Å². The molecular formula is C18H17FN2. The van der Waals surface area contributed by atoms with E-state index in [1.807, 2.05) is 36.4 Å². The third-order valence-electron chi connectivity index (χ3n) is 3.49. The first-order valence-corrected chi connectivity index (χ1v) is 7.12. The number of hydrogen-bond donors (Lipinski definition) is 1. The van der Waals surface area contributed by atoms with Gasteiger partial charge in [-0.3, -0.25) is 4.98 Å². The lowest BCUT2D eigenvalue weighted by molar-refractivity contribution is 0.596. The number of halogens is 1. The van der Waals surface area contributed by atoms with Gasteiger partial charge in [-0.2, -0.15) is 0 Å². The van der Waals surface area contributed by atoms with Crippen molar-refractivity contribution in [1.82, 2.24) is 10.3 Å². The zero-order valence-corrected chi connectivity index (χ0v) is 11.7. The van der Waals surface area contributed by atoms with Crippen LogP contribution in [-0.4, -0.2) is 11.5 Å². The molecule has 0 aliphatic carbocycles. The Kier molecular flexibility index (Phi) is 4.22. The molecule has 1 aromatic heterocycles. The molecule has 0 radical (unpaired) electrons. The van der Waals surface area contributed by atoms with Crippen molar-refractivity contribution >= 4 is 10.9 Å². The highest BCUT2D eigenvalue weighted by atomic mass is 19.1. The Balaban J connectivity index is 1.56. The second-order valence-electron chi connectivity index (χ2n) is 5.01. The summed E-state index contributed by atoms with van der Waals surface area (Å²) in [5, 5.41) is 4.46.